The first kappa shape index (κ1) is 22.5. The van der Waals surface area contributed by atoms with Gasteiger partial charge in [0.2, 0.25) is 5.01 Å². The first-order chi connectivity index (χ1) is 15.2. The molecule has 1 aromatic carbocycles. The van der Waals surface area contributed by atoms with Crippen LogP contribution in [0.1, 0.15) is 31.5 Å². The Bertz CT molecular complexity index is 1270. The zero-order chi connectivity index (χ0) is 22.9. The number of pyridine rings is 1. The van der Waals surface area contributed by atoms with Crippen molar-refractivity contribution in [2.24, 2.45) is 0 Å². The molecule has 0 aliphatic heterocycles. The molecule has 3 aromatic heterocycles. The second kappa shape index (κ2) is 9.04. The summed E-state index contributed by atoms with van der Waals surface area (Å²) in [6.07, 6.45) is -3.66. The Morgan fingerprint density at radius 1 is 1.19 bits per heavy atom. The van der Waals surface area contributed by atoms with Crippen LogP contribution in [-0.2, 0) is 18.5 Å². The largest absolute Gasteiger partial charge is 0.417 e. The third-order valence-electron chi connectivity index (χ3n) is 4.32. The second-order valence-corrected chi connectivity index (χ2v) is 9.12. The van der Waals surface area contributed by atoms with Crippen LogP contribution in [0.5, 0.6) is 0 Å². The monoisotopic (exact) mass is 498 g/mol. The molecule has 7 nitrogen and oxygen atoms in total. The van der Waals surface area contributed by atoms with Crippen LogP contribution < -0.4 is 5.32 Å². The number of carbonyl (C=O) groups is 1. The molecule has 0 saturated heterocycles. The lowest BCUT2D eigenvalue weighted by molar-refractivity contribution is -0.137. The SMILES string of the molecule is Cc1ccc(CNC(=O)c2nnc(CSc3nnc4c(Cl)cc(C(F)(F)F)cn34)s2)cc1. The zero-order valence-corrected chi connectivity index (χ0v) is 18.7. The Morgan fingerprint density at radius 2 is 1.94 bits per heavy atom. The number of nitrogens with zero attached hydrogens (tertiary/aromatic N) is 5. The summed E-state index contributed by atoms with van der Waals surface area (Å²) in [5.41, 5.74) is 1.30. The highest BCUT2D eigenvalue weighted by Gasteiger charge is 2.32. The Hall–Kier alpha value is -2.70. The number of amides is 1. The molecular formula is C19H14ClF3N6OS2. The summed E-state index contributed by atoms with van der Waals surface area (Å²) in [6.45, 7) is 2.34. The van der Waals surface area contributed by atoms with Gasteiger partial charge in [0.1, 0.15) is 5.01 Å². The predicted octanol–water partition coefficient (Wildman–Crippen LogP) is 4.78. The first-order valence-electron chi connectivity index (χ1n) is 9.11. The molecule has 32 heavy (non-hydrogen) atoms. The molecular weight excluding hydrogens is 485 g/mol. The predicted molar refractivity (Wildman–Crippen MR) is 115 cm³/mol. The fraction of sp³-hybridized carbons (Fsp3) is 0.211. The number of hydrogen-bond acceptors (Lipinski definition) is 7. The summed E-state index contributed by atoms with van der Waals surface area (Å²) in [5.74, 6) is -0.105. The molecule has 13 heteroatoms. The van der Waals surface area contributed by atoms with Gasteiger partial charge in [-0.15, -0.1) is 20.4 Å². The number of hydrogen-bond donors (Lipinski definition) is 1. The summed E-state index contributed by atoms with van der Waals surface area (Å²) < 4.78 is 40.4. The van der Waals surface area contributed by atoms with Crippen molar-refractivity contribution < 1.29 is 18.0 Å². The lowest BCUT2D eigenvalue weighted by Crippen LogP contribution is -2.22. The second-order valence-electron chi connectivity index (χ2n) is 6.71. The molecule has 0 fully saturated rings. The molecule has 4 aromatic rings. The Labute approximate surface area is 193 Å². The number of rotatable bonds is 6. The number of aromatic nitrogens is 5. The normalized spacial score (nSPS) is 11.8. The molecule has 0 spiro atoms. The minimum absolute atomic E-state index is 0.121. The van der Waals surface area contributed by atoms with Crippen LogP contribution in [0.3, 0.4) is 0 Å². The Morgan fingerprint density at radius 3 is 2.66 bits per heavy atom. The molecule has 0 atom stereocenters. The standard InChI is InChI=1S/C19H14ClF3N6OS2/c1-10-2-4-11(5-3-10)7-24-16(30)17-27-25-14(32-17)9-31-18-28-26-15-13(20)6-12(8-29(15)18)19(21,22)23/h2-6,8H,7,9H2,1H3,(H,24,30). The highest BCUT2D eigenvalue weighted by atomic mass is 35.5. The van der Waals surface area contributed by atoms with Gasteiger partial charge in [-0.25, -0.2) is 0 Å². The van der Waals surface area contributed by atoms with Gasteiger partial charge in [0.25, 0.3) is 5.91 Å². The van der Waals surface area contributed by atoms with Crippen LogP contribution in [-0.4, -0.2) is 30.7 Å². The van der Waals surface area contributed by atoms with Gasteiger partial charge >= 0.3 is 6.18 Å². The fourth-order valence-electron chi connectivity index (χ4n) is 2.68. The minimum Gasteiger partial charge on any atom is -0.346 e. The van der Waals surface area contributed by atoms with E-state index in [0.29, 0.717) is 11.6 Å². The maximum absolute atomic E-state index is 13.1. The Balaban J connectivity index is 1.42. The van der Waals surface area contributed by atoms with Crippen molar-refractivity contribution in [3.05, 3.63) is 68.3 Å². The zero-order valence-electron chi connectivity index (χ0n) is 16.4. The molecule has 0 aliphatic carbocycles. The van der Waals surface area contributed by atoms with Crippen LogP contribution in [0, 0.1) is 6.92 Å². The topological polar surface area (TPSA) is 85.1 Å². The minimum atomic E-state index is -4.55. The smallest absolute Gasteiger partial charge is 0.346 e. The van der Waals surface area contributed by atoms with Crippen LogP contribution in [0.25, 0.3) is 5.65 Å². The van der Waals surface area contributed by atoms with Crippen molar-refractivity contribution in [2.75, 3.05) is 0 Å². The van der Waals surface area contributed by atoms with Gasteiger partial charge in [-0.2, -0.15) is 13.2 Å². The maximum Gasteiger partial charge on any atom is 0.417 e. The van der Waals surface area contributed by atoms with E-state index in [9.17, 15) is 18.0 Å². The van der Waals surface area contributed by atoms with E-state index in [1.807, 2.05) is 31.2 Å². The van der Waals surface area contributed by atoms with Crippen molar-refractivity contribution in [3.63, 3.8) is 0 Å². The summed E-state index contributed by atoms with van der Waals surface area (Å²) >= 11 is 8.13. The van der Waals surface area contributed by atoms with E-state index in [1.54, 1.807) is 0 Å². The van der Waals surface area contributed by atoms with Gasteiger partial charge in [-0.05, 0) is 18.6 Å². The molecule has 4 rings (SSSR count). The fourth-order valence-corrected chi connectivity index (χ4v) is 4.58. The highest BCUT2D eigenvalue weighted by Crippen LogP contribution is 2.33. The maximum atomic E-state index is 13.1. The lowest BCUT2D eigenvalue weighted by atomic mass is 10.1. The average molecular weight is 499 g/mol. The number of carbonyl (C=O) groups excluding carboxylic acids is 1. The molecule has 3 heterocycles. The molecule has 166 valence electrons. The number of thioether (sulfide) groups is 1. The van der Waals surface area contributed by atoms with Gasteiger partial charge in [-0.1, -0.05) is 64.5 Å². The molecule has 0 unspecified atom stereocenters. The van der Waals surface area contributed by atoms with Crippen molar-refractivity contribution in [1.82, 2.24) is 30.1 Å². The number of benzene rings is 1. The molecule has 0 aliphatic rings. The third kappa shape index (κ3) is 5.03. The van der Waals surface area contributed by atoms with Gasteiger partial charge < -0.3 is 5.32 Å². The molecule has 1 amide bonds. The summed E-state index contributed by atoms with van der Waals surface area (Å²) in [4.78, 5) is 12.3. The van der Waals surface area contributed by atoms with Gasteiger partial charge in [0.15, 0.2) is 10.8 Å². The van der Waals surface area contributed by atoms with E-state index >= 15 is 0 Å². The molecule has 1 N–H and O–H groups in total. The summed E-state index contributed by atoms with van der Waals surface area (Å²) in [6, 6.07) is 8.59. The molecule has 0 radical (unpaired) electrons. The number of fused-ring (bicyclic) bond motifs is 1. The quantitative estimate of drug-likeness (QED) is 0.385. The van der Waals surface area contributed by atoms with Gasteiger partial charge in [0, 0.05) is 12.7 Å². The first-order valence-corrected chi connectivity index (χ1v) is 11.3. The summed E-state index contributed by atoms with van der Waals surface area (Å²) in [7, 11) is 0. The Kier molecular flexibility index (Phi) is 6.35. The van der Waals surface area contributed by atoms with E-state index in [-0.39, 0.29) is 32.5 Å². The highest BCUT2D eigenvalue weighted by molar-refractivity contribution is 7.98. The van der Waals surface area contributed by atoms with Crippen LogP contribution in [0.2, 0.25) is 5.02 Å². The van der Waals surface area contributed by atoms with Crippen molar-refractivity contribution in [1.29, 1.82) is 0 Å². The van der Waals surface area contributed by atoms with Crippen molar-refractivity contribution >= 4 is 46.3 Å². The average Bonchev–Trinajstić information content (AvgIpc) is 3.38. The van der Waals surface area contributed by atoms with Gasteiger partial charge in [-0.3, -0.25) is 9.20 Å². The number of alkyl halides is 3. The van der Waals surface area contributed by atoms with E-state index in [1.165, 1.54) is 4.40 Å². The number of halogens is 4. The molecule has 0 saturated carbocycles. The number of aryl methyl sites for hydroxylation is 1. The third-order valence-corrected chi connectivity index (χ3v) is 6.65. The summed E-state index contributed by atoms with van der Waals surface area (Å²) in [5, 5.41) is 19.2. The van der Waals surface area contributed by atoms with Crippen molar-refractivity contribution in [2.45, 2.75) is 30.6 Å². The van der Waals surface area contributed by atoms with Crippen LogP contribution >= 0.6 is 34.7 Å². The lowest BCUT2D eigenvalue weighted by Gasteiger charge is -2.08. The number of nitrogens with one attached hydrogen (secondary N) is 1. The van der Waals surface area contributed by atoms with E-state index < -0.39 is 11.7 Å². The molecule has 0 bridgehead atoms. The van der Waals surface area contributed by atoms with E-state index in [0.717, 1.165) is 46.5 Å². The van der Waals surface area contributed by atoms with Gasteiger partial charge in [0.05, 0.1) is 16.3 Å². The van der Waals surface area contributed by atoms with Crippen molar-refractivity contribution in [3.8, 4) is 0 Å². The van der Waals surface area contributed by atoms with E-state index in [4.69, 9.17) is 11.6 Å². The van der Waals surface area contributed by atoms with Crippen LogP contribution in [0.4, 0.5) is 13.2 Å². The van der Waals surface area contributed by atoms with E-state index in [2.05, 4.69) is 25.7 Å². The van der Waals surface area contributed by atoms with Crippen LogP contribution in [0.15, 0.2) is 41.7 Å².